The van der Waals surface area contributed by atoms with Crippen LogP contribution in [0.4, 0.5) is 4.79 Å². The van der Waals surface area contributed by atoms with Gasteiger partial charge in [-0.25, -0.2) is 9.78 Å². The van der Waals surface area contributed by atoms with Crippen LogP contribution in [-0.4, -0.2) is 56.7 Å². The van der Waals surface area contributed by atoms with Gasteiger partial charge < -0.3 is 36.7 Å². The fourth-order valence-corrected chi connectivity index (χ4v) is 4.40. The van der Waals surface area contributed by atoms with Gasteiger partial charge in [-0.3, -0.25) is 10.2 Å². The van der Waals surface area contributed by atoms with Crippen LogP contribution in [0.3, 0.4) is 0 Å². The summed E-state index contributed by atoms with van der Waals surface area (Å²) in [5.41, 5.74) is 6.76. The van der Waals surface area contributed by atoms with E-state index in [-0.39, 0.29) is 42.6 Å². The van der Waals surface area contributed by atoms with Crippen LogP contribution in [0.1, 0.15) is 29.8 Å². The first kappa shape index (κ1) is 24.3. The van der Waals surface area contributed by atoms with E-state index in [2.05, 4.69) is 20.6 Å². The summed E-state index contributed by atoms with van der Waals surface area (Å²) in [4.78, 5) is 31.6. The number of nitrogens with zero attached hydrogens (tertiary/aromatic N) is 1. The average Bonchev–Trinajstić information content (AvgIpc) is 3.28. The molecule has 186 valence electrons. The standard InChI is InChI=1S/C25H26N6O5/c1-28-24(36)29-12-25(23-30-17-7-6-14(22(26)27)10-18(17)31-23)11-13(9-20(33)34)8-16(21(25)35)15-4-2-3-5-19(15)32/h2-7,10-11,32,35H,8-9,12H2,1H3,(H3,26,27)(H,30,31)(H,33,34)(H2,28,29,36). The molecule has 0 bridgehead atoms. The minimum atomic E-state index is -1.48. The summed E-state index contributed by atoms with van der Waals surface area (Å²) >= 11 is 0. The number of nitrogen functional groups attached to an aromatic ring is 1. The number of phenols is 1. The van der Waals surface area contributed by atoms with Crippen LogP contribution < -0.4 is 16.4 Å². The van der Waals surface area contributed by atoms with Crippen LogP contribution in [-0.2, 0) is 10.2 Å². The number of aliphatic hydroxyl groups excluding tert-OH is 1. The van der Waals surface area contributed by atoms with Crippen molar-refractivity contribution in [3.8, 4) is 5.75 Å². The quantitative estimate of drug-likeness (QED) is 0.141. The number of aromatic hydroxyl groups is 1. The molecule has 9 N–H and O–H groups in total. The molecule has 0 saturated heterocycles. The SMILES string of the molecule is CNC(=O)NCC1(c2nc3cc(C(=N)N)ccc3[nH]2)C=C(CC(=O)O)CC(c2ccccc2O)=C1O. The maximum absolute atomic E-state index is 12.1. The Kier molecular flexibility index (Phi) is 6.39. The van der Waals surface area contributed by atoms with Gasteiger partial charge in [-0.2, -0.15) is 0 Å². The van der Waals surface area contributed by atoms with E-state index >= 15 is 0 Å². The van der Waals surface area contributed by atoms with Crippen LogP contribution in [0, 0.1) is 5.41 Å². The number of hydrogen-bond donors (Lipinski definition) is 8. The Morgan fingerprint density at radius 1 is 1.22 bits per heavy atom. The lowest BCUT2D eigenvalue weighted by Crippen LogP contribution is -2.46. The molecule has 2 aromatic carbocycles. The number of H-pyrrole nitrogens is 1. The van der Waals surface area contributed by atoms with Crippen LogP contribution >= 0.6 is 0 Å². The van der Waals surface area contributed by atoms with E-state index in [1.807, 2.05) is 0 Å². The third-order valence-corrected chi connectivity index (χ3v) is 6.14. The number of aliphatic hydroxyl groups is 1. The minimum absolute atomic E-state index is 0.0755. The van der Waals surface area contributed by atoms with Gasteiger partial charge in [0, 0.05) is 30.3 Å². The second kappa shape index (κ2) is 9.45. The summed E-state index contributed by atoms with van der Waals surface area (Å²) in [6.45, 7) is -0.169. The number of phenolic OH excluding ortho intramolecular Hbond substituents is 1. The molecule has 1 atom stereocenters. The molecule has 0 fully saturated rings. The Morgan fingerprint density at radius 3 is 2.64 bits per heavy atom. The summed E-state index contributed by atoms with van der Waals surface area (Å²) < 4.78 is 0. The molecule has 3 aromatic rings. The number of aliphatic carboxylic acids is 1. The molecule has 1 heterocycles. The second-order valence-corrected chi connectivity index (χ2v) is 8.53. The highest BCUT2D eigenvalue weighted by atomic mass is 16.4. The summed E-state index contributed by atoms with van der Waals surface area (Å²) in [5.74, 6) is -1.24. The fraction of sp³-hybridized carbons (Fsp3) is 0.200. The van der Waals surface area contributed by atoms with E-state index in [0.717, 1.165) is 0 Å². The summed E-state index contributed by atoms with van der Waals surface area (Å²) in [6.07, 6.45) is 1.35. The van der Waals surface area contributed by atoms with Crippen LogP contribution in [0.15, 0.2) is 59.9 Å². The van der Waals surface area contributed by atoms with Crippen molar-refractivity contribution in [2.45, 2.75) is 18.3 Å². The number of imidazole rings is 1. The predicted octanol–water partition coefficient (Wildman–Crippen LogP) is 2.49. The van der Waals surface area contributed by atoms with Crippen LogP contribution in [0.5, 0.6) is 5.75 Å². The van der Waals surface area contributed by atoms with Crippen LogP contribution in [0.2, 0.25) is 0 Å². The zero-order chi connectivity index (χ0) is 26.0. The van der Waals surface area contributed by atoms with Gasteiger partial charge in [-0.05, 0) is 30.7 Å². The minimum Gasteiger partial charge on any atom is -0.511 e. The molecule has 2 amide bonds. The average molecular weight is 491 g/mol. The number of amides is 2. The molecular formula is C25H26N6O5. The van der Waals surface area contributed by atoms with Crippen molar-refractivity contribution in [3.05, 3.63) is 76.8 Å². The maximum atomic E-state index is 12.1. The predicted molar refractivity (Wildman–Crippen MR) is 134 cm³/mol. The van der Waals surface area contributed by atoms with E-state index in [1.54, 1.807) is 42.5 Å². The molecule has 0 aliphatic heterocycles. The molecular weight excluding hydrogens is 464 g/mol. The molecule has 11 heteroatoms. The Labute approximate surface area is 205 Å². The monoisotopic (exact) mass is 490 g/mol. The molecule has 11 nitrogen and oxygen atoms in total. The third kappa shape index (κ3) is 4.45. The Balaban J connectivity index is 1.98. The van der Waals surface area contributed by atoms with Gasteiger partial charge in [0.15, 0.2) is 0 Å². The highest BCUT2D eigenvalue weighted by Crippen LogP contribution is 2.45. The number of amidine groups is 1. The Hall–Kier alpha value is -4.80. The van der Waals surface area contributed by atoms with E-state index < -0.39 is 17.4 Å². The molecule has 4 rings (SSSR count). The lowest BCUT2D eigenvalue weighted by Gasteiger charge is -2.35. The topological polar surface area (TPSA) is 197 Å². The molecule has 36 heavy (non-hydrogen) atoms. The molecule has 0 saturated carbocycles. The smallest absolute Gasteiger partial charge is 0.314 e. The molecule has 0 spiro atoms. The van der Waals surface area contributed by atoms with Crippen molar-refractivity contribution in [3.63, 3.8) is 0 Å². The fourth-order valence-electron chi connectivity index (χ4n) is 4.40. The van der Waals surface area contributed by atoms with E-state index in [0.29, 0.717) is 33.3 Å². The van der Waals surface area contributed by atoms with Gasteiger partial charge in [0.05, 0.1) is 17.5 Å². The number of nitrogens with one attached hydrogen (secondary N) is 4. The van der Waals surface area contributed by atoms with Gasteiger partial charge in [-0.1, -0.05) is 29.8 Å². The zero-order valence-corrected chi connectivity index (χ0v) is 19.4. The van der Waals surface area contributed by atoms with E-state index in [9.17, 15) is 24.9 Å². The van der Waals surface area contributed by atoms with Gasteiger partial charge in [0.25, 0.3) is 0 Å². The first-order valence-corrected chi connectivity index (χ1v) is 11.1. The number of carboxylic acid groups (broad SMARTS) is 1. The lowest BCUT2D eigenvalue weighted by atomic mass is 9.73. The molecule has 1 aromatic heterocycles. The summed E-state index contributed by atoms with van der Waals surface area (Å²) in [6, 6.07) is 10.9. The van der Waals surface area contributed by atoms with Gasteiger partial charge in [-0.15, -0.1) is 0 Å². The van der Waals surface area contributed by atoms with Crippen molar-refractivity contribution in [1.82, 2.24) is 20.6 Å². The van der Waals surface area contributed by atoms with Gasteiger partial charge in [0.1, 0.15) is 28.6 Å². The maximum Gasteiger partial charge on any atom is 0.314 e. The molecule has 1 aliphatic carbocycles. The van der Waals surface area contributed by atoms with Crippen molar-refractivity contribution >= 4 is 34.4 Å². The number of fused-ring (bicyclic) bond motifs is 1. The number of aromatic amines is 1. The number of carbonyl (C=O) groups is 2. The third-order valence-electron chi connectivity index (χ3n) is 6.14. The zero-order valence-electron chi connectivity index (χ0n) is 19.4. The summed E-state index contributed by atoms with van der Waals surface area (Å²) in [5, 5.41) is 44.6. The number of rotatable bonds is 7. The largest absolute Gasteiger partial charge is 0.511 e. The first-order chi connectivity index (χ1) is 17.1. The van der Waals surface area contributed by atoms with Gasteiger partial charge >= 0.3 is 12.0 Å². The second-order valence-electron chi connectivity index (χ2n) is 8.53. The van der Waals surface area contributed by atoms with Crippen molar-refractivity contribution < 1.29 is 24.9 Å². The number of carbonyl (C=O) groups excluding carboxylic acids is 1. The van der Waals surface area contributed by atoms with E-state index in [1.165, 1.54) is 13.1 Å². The number of aromatic nitrogens is 2. The van der Waals surface area contributed by atoms with E-state index in [4.69, 9.17) is 11.1 Å². The summed E-state index contributed by atoms with van der Waals surface area (Å²) in [7, 11) is 1.45. The number of carboxylic acids is 1. The number of allylic oxidation sites excluding steroid dienone is 1. The number of para-hydroxylation sites is 1. The van der Waals surface area contributed by atoms with Crippen molar-refractivity contribution in [1.29, 1.82) is 5.41 Å². The number of benzene rings is 2. The molecule has 1 aliphatic rings. The Morgan fingerprint density at radius 2 is 1.97 bits per heavy atom. The number of hydrogen-bond acceptors (Lipinski definition) is 6. The first-order valence-electron chi connectivity index (χ1n) is 11.1. The highest BCUT2D eigenvalue weighted by molar-refractivity contribution is 5.98. The van der Waals surface area contributed by atoms with Crippen molar-refractivity contribution in [2.75, 3.05) is 13.6 Å². The van der Waals surface area contributed by atoms with Gasteiger partial charge in [0.2, 0.25) is 0 Å². The number of nitrogens with two attached hydrogens (primary N) is 1. The Bertz CT molecular complexity index is 1440. The number of urea groups is 1. The van der Waals surface area contributed by atoms with Crippen LogP contribution in [0.25, 0.3) is 16.6 Å². The highest BCUT2D eigenvalue weighted by Gasteiger charge is 2.43. The van der Waals surface area contributed by atoms with Crippen molar-refractivity contribution in [2.24, 2.45) is 5.73 Å². The lowest BCUT2D eigenvalue weighted by molar-refractivity contribution is -0.136. The molecule has 0 radical (unpaired) electrons. The molecule has 1 unspecified atom stereocenters. The normalized spacial score (nSPS) is 17.5.